The lowest BCUT2D eigenvalue weighted by Crippen LogP contribution is -2.14. The Kier molecular flexibility index (Phi) is 6.48. The van der Waals surface area contributed by atoms with E-state index >= 15 is 0 Å². The quantitative estimate of drug-likeness (QED) is 0.336. The first-order valence-electron chi connectivity index (χ1n) is 9.74. The molecule has 0 fully saturated rings. The van der Waals surface area contributed by atoms with E-state index < -0.39 is 46.0 Å². The maximum absolute atomic E-state index is 14.8. The van der Waals surface area contributed by atoms with Gasteiger partial charge in [0.1, 0.15) is 0 Å². The molecular weight excluding hydrogens is 411 g/mol. The Hall–Kier alpha value is -3.15. The van der Waals surface area contributed by atoms with E-state index in [2.05, 4.69) is 19.7 Å². The molecule has 0 unspecified atom stereocenters. The van der Waals surface area contributed by atoms with Crippen LogP contribution in [0.4, 0.5) is 22.0 Å². The zero-order valence-electron chi connectivity index (χ0n) is 17.1. The topological polar surface area (TPSA) is 9.23 Å². The Bertz CT molecular complexity index is 1130. The Balaban J connectivity index is 2.11. The highest BCUT2D eigenvalue weighted by Crippen LogP contribution is 2.42. The first kappa shape index (κ1) is 22.5. The van der Waals surface area contributed by atoms with Gasteiger partial charge in [-0.05, 0) is 42.0 Å². The molecule has 2 aromatic carbocycles. The van der Waals surface area contributed by atoms with Crippen LogP contribution in [-0.4, -0.2) is 0 Å². The fraction of sp³-hybridized carbons (Fsp3) is 0.200. The van der Waals surface area contributed by atoms with Crippen molar-refractivity contribution in [2.45, 2.75) is 32.6 Å². The molecule has 0 aromatic heterocycles. The highest BCUT2D eigenvalue weighted by Gasteiger charge is 2.30. The van der Waals surface area contributed by atoms with Gasteiger partial charge >= 0.3 is 0 Å². The molecule has 1 aliphatic heterocycles. The first-order valence-corrected chi connectivity index (χ1v) is 9.74. The van der Waals surface area contributed by atoms with Gasteiger partial charge in [0.2, 0.25) is 5.82 Å². The van der Waals surface area contributed by atoms with Gasteiger partial charge in [-0.25, -0.2) is 17.6 Å². The van der Waals surface area contributed by atoms with Crippen molar-refractivity contribution in [1.82, 2.24) is 0 Å². The van der Waals surface area contributed by atoms with Crippen molar-refractivity contribution in [2.24, 2.45) is 0 Å². The molecule has 2 aromatic rings. The van der Waals surface area contributed by atoms with E-state index in [1.807, 2.05) is 0 Å². The average molecular weight is 432 g/mol. The Morgan fingerprint density at radius 2 is 1.74 bits per heavy atom. The molecule has 1 aliphatic rings. The number of ether oxygens (including phenoxy) is 1. The molecule has 0 spiro atoms. The van der Waals surface area contributed by atoms with Crippen molar-refractivity contribution < 1.29 is 26.7 Å². The largest absolute Gasteiger partial charge is 0.450 e. The zero-order valence-corrected chi connectivity index (χ0v) is 17.1. The number of hydrogen-bond acceptors (Lipinski definition) is 1. The van der Waals surface area contributed by atoms with E-state index in [-0.39, 0.29) is 40.9 Å². The van der Waals surface area contributed by atoms with E-state index in [0.29, 0.717) is 12.8 Å². The van der Waals surface area contributed by atoms with Gasteiger partial charge in [0.25, 0.3) is 0 Å². The van der Waals surface area contributed by atoms with Gasteiger partial charge in [-0.3, -0.25) is 0 Å². The summed E-state index contributed by atoms with van der Waals surface area (Å²) in [7, 11) is 0. The number of halogens is 5. The van der Waals surface area contributed by atoms with Crippen LogP contribution in [0.2, 0.25) is 0 Å². The predicted molar refractivity (Wildman–Crippen MR) is 111 cm³/mol. The number of rotatable bonds is 6. The van der Waals surface area contributed by atoms with Crippen LogP contribution in [0.3, 0.4) is 0 Å². The standard InChI is InChI=1S/C25H21F5O/c1-5-7-8-15-9-10-17(21(28)20(15)27)18-12-16-11-14(4)24(19(26)13(3)6-2)31-25(16)23(30)22(18)29/h5,9-10,12H,1,3-4,6-8,11H2,2H3/b24-19-. The molecule has 0 aliphatic carbocycles. The maximum atomic E-state index is 14.8. The lowest BCUT2D eigenvalue weighted by atomic mass is 9.93. The third kappa shape index (κ3) is 4.07. The molecule has 0 N–H and O–H groups in total. The van der Waals surface area contributed by atoms with Crippen LogP contribution in [0.5, 0.6) is 5.75 Å². The fourth-order valence-electron chi connectivity index (χ4n) is 3.35. The van der Waals surface area contributed by atoms with Gasteiger partial charge in [-0.15, -0.1) is 6.58 Å². The summed E-state index contributed by atoms with van der Waals surface area (Å²) in [6.45, 7) is 12.5. The summed E-state index contributed by atoms with van der Waals surface area (Å²) in [4.78, 5) is 0. The van der Waals surface area contributed by atoms with E-state index in [0.717, 1.165) is 0 Å². The van der Waals surface area contributed by atoms with Crippen LogP contribution in [0.1, 0.15) is 30.9 Å². The second-order valence-electron chi connectivity index (χ2n) is 7.25. The summed E-state index contributed by atoms with van der Waals surface area (Å²) in [6.07, 6.45) is 2.47. The van der Waals surface area contributed by atoms with E-state index in [1.165, 1.54) is 18.2 Å². The van der Waals surface area contributed by atoms with E-state index in [9.17, 15) is 22.0 Å². The van der Waals surface area contributed by atoms with Gasteiger partial charge in [0, 0.05) is 23.1 Å². The van der Waals surface area contributed by atoms with Gasteiger partial charge in [0.15, 0.2) is 34.8 Å². The van der Waals surface area contributed by atoms with Crippen molar-refractivity contribution in [2.75, 3.05) is 0 Å². The third-order valence-electron chi connectivity index (χ3n) is 5.17. The fourth-order valence-corrected chi connectivity index (χ4v) is 3.35. The van der Waals surface area contributed by atoms with Crippen molar-refractivity contribution in [3.05, 3.63) is 101 Å². The number of benzene rings is 2. The van der Waals surface area contributed by atoms with Crippen LogP contribution < -0.4 is 4.74 Å². The molecule has 0 saturated carbocycles. The minimum Gasteiger partial charge on any atom is -0.450 e. The first-order chi connectivity index (χ1) is 14.7. The molecule has 162 valence electrons. The van der Waals surface area contributed by atoms with Gasteiger partial charge in [-0.1, -0.05) is 38.3 Å². The molecule has 1 heterocycles. The number of allylic oxidation sites excluding steroid dienone is 4. The molecular formula is C25H21F5O. The lowest BCUT2D eigenvalue weighted by Gasteiger charge is -2.24. The molecule has 3 rings (SSSR count). The molecule has 0 saturated heterocycles. The SMILES string of the molecule is C=CCCc1ccc(-c2cc3c(c(F)c2F)O/C(=C(\F)C(=C)CC)C(=C)C3)c(F)c1F. The molecule has 6 heteroatoms. The molecule has 0 radical (unpaired) electrons. The zero-order chi connectivity index (χ0) is 22.9. The third-order valence-corrected chi connectivity index (χ3v) is 5.17. The Morgan fingerprint density at radius 3 is 2.39 bits per heavy atom. The summed E-state index contributed by atoms with van der Waals surface area (Å²) in [5.74, 6) is -6.84. The summed E-state index contributed by atoms with van der Waals surface area (Å²) in [6, 6.07) is 3.70. The van der Waals surface area contributed by atoms with Gasteiger partial charge in [0.05, 0.1) is 0 Å². The highest BCUT2D eigenvalue weighted by molar-refractivity contribution is 5.69. The molecule has 0 amide bonds. The second-order valence-corrected chi connectivity index (χ2v) is 7.25. The predicted octanol–water partition coefficient (Wildman–Crippen LogP) is 7.67. The Morgan fingerprint density at radius 1 is 1.06 bits per heavy atom. The van der Waals surface area contributed by atoms with Crippen LogP contribution in [0.15, 0.2) is 66.7 Å². The van der Waals surface area contributed by atoms with Gasteiger partial charge in [-0.2, -0.15) is 4.39 Å². The van der Waals surface area contributed by atoms with E-state index in [4.69, 9.17) is 4.74 Å². The minimum absolute atomic E-state index is 0.0548. The van der Waals surface area contributed by atoms with Crippen molar-refractivity contribution >= 4 is 0 Å². The molecule has 0 bridgehead atoms. The second kappa shape index (κ2) is 8.92. The smallest absolute Gasteiger partial charge is 0.202 e. The summed E-state index contributed by atoms with van der Waals surface area (Å²) in [5, 5.41) is 0. The average Bonchev–Trinajstić information content (AvgIpc) is 2.76. The van der Waals surface area contributed by atoms with Crippen LogP contribution >= 0.6 is 0 Å². The van der Waals surface area contributed by atoms with E-state index in [1.54, 1.807) is 13.0 Å². The van der Waals surface area contributed by atoms with Crippen LogP contribution in [0, 0.1) is 23.3 Å². The summed E-state index contributed by atoms with van der Waals surface area (Å²) >= 11 is 0. The van der Waals surface area contributed by atoms with Gasteiger partial charge < -0.3 is 4.74 Å². The molecule has 31 heavy (non-hydrogen) atoms. The molecule has 0 atom stereocenters. The normalized spacial score (nSPS) is 14.7. The maximum Gasteiger partial charge on any atom is 0.202 e. The van der Waals surface area contributed by atoms with Crippen molar-refractivity contribution in [3.8, 4) is 16.9 Å². The van der Waals surface area contributed by atoms with Crippen molar-refractivity contribution in [1.29, 1.82) is 0 Å². The number of fused-ring (bicyclic) bond motifs is 1. The summed E-state index contributed by atoms with van der Waals surface area (Å²) in [5.41, 5.74) is -0.290. The van der Waals surface area contributed by atoms with Crippen molar-refractivity contribution in [3.63, 3.8) is 0 Å². The Labute approximate surface area is 177 Å². The lowest BCUT2D eigenvalue weighted by molar-refractivity contribution is 0.355. The molecule has 1 nitrogen and oxygen atoms in total. The number of aryl methyl sites for hydroxylation is 1. The number of hydrogen-bond donors (Lipinski definition) is 0. The highest BCUT2D eigenvalue weighted by atomic mass is 19.2. The van der Waals surface area contributed by atoms with Crippen LogP contribution in [-0.2, 0) is 12.8 Å². The van der Waals surface area contributed by atoms with Crippen LogP contribution in [0.25, 0.3) is 11.1 Å². The monoisotopic (exact) mass is 432 g/mol. The summed E-state index contributed by atoms with van der Waals surface area (Å²) < 4.78 is 78.6. The minimum atomic E-state index is -1.42.